The van der Waals surface area contributed by atoms with E-state index < -0.39 is 0 Å². The lowest BCUT2D eigenvalue weighted by Crippen LogP contribution is -2.42. The molecule has 4 rings (SSSR count). The summed E-state index contributed by atoms with van der Waals surface area (Å²) in [4.78, 5) is 20.7. The molecule has 1 aliphatic carbocycles. The number of carbonyl (C=O) groups is 1. The van der Waals surface area contributed by atoms with Crippen LogP contribution >= 0.6 is 11.6 Å². The van der Waals surface area contributed by atoms with Crippen LogP contribution in [-0.2, 0) is 13.6 Å². The van der Waals surface area contributed by atoms with Crippen LogP contribution in [-0.4, -0.2) is 73.5 Å². The van der Waals surface area contributed by atoms with Gasteiger partial charge in [0.15, 0.2) is 5.82 Å². The third-order valence-corrected chi connectivity index (χ3v) is 8.64. The highest BCUT2D eigenvalue weighted by Crippen LogP contribution is 2.35. The first kappa shape index (κ1) is 28.6. The quantitative estimate of drug-likeness (QED) is 0.479. The Morgan fingerprint density at radius 2 is 1.79 bits per heavy atom. The van der Waals surface area contributed by atoms with Gasteiger partial charge in [-0.05, 0) is 90.6 Å². The Morgan fingerprint density at radius 3 is 2.39 bits per heavy atom. The Kier molecular flexibility index (Phi) is 9.47. The fraction of sp³-hybridized carbons (Fsp3) is 0.655. The van der Waals surface area contributed by atoms with Crippen molar-refractivity contribution in [2.24, 2.45) is 7.05 Å². The number of nitrogens with zero attached hydrogens (tertiary/aromatic N) is 5. The molecule has 1 saturated carbocycles. The number of benzene rings is 1. The predicted molar refractivity (Wildman–Crippen MR) is 156 cm³/mol. The Morgan fingerprint density at radius 1 is 1.13 bits per heavy atom. The molecule has 0 atom stereocenters. The summed E-state index contributed by atoms with van der Waals surface area (Å²) in [6, 6.07) is 4.91. The van der Waals surface area contributed by atoms with Gasteiger partial charge in [-0.1, -0.05) is 11.6 Å². The molecular weight excluding hydrogens is 500 g/mol. The fourth-order valence-electron chi connectivity index (χ4n) is 6.28. The highest BCUT2D eigenvalue weighted by Gasteiger charge is 2.29. The lowest BCUT2D eigenvalue weighted by atomic mass is 9.89. The van der Waals surface area contributed by atoms with Gasteiger partial charge in [0, 0.05) is 55.0 Å². The van der Waals surface area contributed by atoms with E-state index in [2.05, 4.69) is 41.0 Å². The van der Waals surface area contributed by atoms with E-state index in [-0.39, 0.29) is 5.91 Å². The number of methoxy groups -OCH3 is 1. The molecule has 1 aromatic carbocycles. The summed E-state index contributed by atoms with van der Waals surface area (Å²) >= 11 is 6.61. The van der Waals surface area contributed by atoms with E-state index in [0.29, 0.717) is 35.1 Å². The van der Waals surface area contributed by atoms with Crippen molar-refractivity contribution in [3.8, 4) is 5.88 Å². The van der Waals surface area contributed by atoms with Crippen LogP contribution in [0.4, 0.5) is 11.5 Å². The van der Waals surface area contributed by atoms with Crippen LogP contribution in [0.2, 0.25) is 5.02 Å². The van der Waals surface area contributed by atoms with Crippen molar-refractivity contribution in [3.05, 3.63) is 33.8 Å². The van der Waals surface area contributed by atoms with Gasteiger partial charge in [0.1, 0.15) is 0 Å². The second kappa shape index (κ2) is 12.6. The summed E-state index contributed by atoms with van der Waals surface area (Å²) in [7, 11) is 7.88. The Bertz CT molecular complexity index is 1100. The summed E-state index contributed by atoms with van der Waals surface area (Å²) in [5, 5.41) is 8.48. The second-order valence-corrected chi connectivity index (χ2v) is 11.4. The maximum absolute atomic E-state index is 13.6. The molecule has 210 valence electrons. The van der Waals surface area contributed by atoms with Crippen LogP contribution in [0.3, 0.4) is 0 Å². The summed E-state index contributed by atoms with van der Waals surface area (Å²) < 4.78 is 7.44. The topological polar surface area (TPSA) is 65.9 Å². The van der Waals surface area contributed by atoms with Gasteiger partial charge >= 0.3 is 0 Å². The van der Waals surface area contributed by atoms with Crippen molar-refractivity contribution in [2.45, 2.75) is 77.4 Å². The minimum atomic E-state index is -0.130. The van der Waals surface area contributed by atoms with E-state index in [1.807, 2.05) is 20.0 Å². The first-order chi connectivity index (χ1) is 18.2. The van der Waals surface area contributed by atoms with Gasteiger partial charge in [-0.25, -0.2) is 4.68 Å². The van der Waals surface area contributed by atoms with Crippen molar-refractivity contribution in [1.82, 2.24) is 20.0 Å². The molecule has 38 heavy (non-hydrogen) atoms. The number of hydrogen-bond acceptors (Lipinski definition) is 6. The van der Waals surface area contributed by atoms with Crippen LogP contribution in [0.5, 0.6) is 5.88 Å². The van der Waals surface area contributed by atoms with Crippen molar-refractivity contribution in [1.29, 1.82) is 0 Å². The molecule has 2 aromatic rings. The van der Waals surface area contributed by atoms with Gasteiger partial charge in [0.05, 0.1) is 19.2 Å². The minimum absolute atomic E-state index is 0.130. The van der Waals surface area contributed by atoms with Gasteiger partial charge in [-0.15, -0.1) is 0 Å². The molecule has 1 saturated heterocycles. The minimum Gasteiger partial charge on any atom is -0.481 e. The number of rotatable bonds is 9. The molecule has 2 heterocycles. The number of ether oxygens (including phenoxy) is 1. The van der Waals surface area contributed by atoms with E-state index in [9.17, 15) is 4.79 Å². The molecule has 2 aliphatic rings. The summed E-state index contributed by atoms with van der Waals surface area (Å²) in [5.41, 5.74) is 3.57. The number of aryl methyl sites for hydroxylation is 1. The van der Waals surface area contributed by atoms with Gasteiger partial charge in [0.25, 0.3) is 5.91 Å². The smallest absolute Gasteiger partial charge is 0.251 e. The number of amides is 1. The average Bonchev–Trinajstić information content (AvgIpc) is 3.25. The van der Waals surface area contributed by atoms with Crippen molar-refractivity contribution >= 4 is 29.0 Å². The van der Waals surface area contributed by atoms with Crippen LogP contribution in [0.25, 0.3) is 0 Å². The SMILES string of the molecule is CCN(c1cc(Cl)cc(C(=O)NCc2c(N3CCCCC3)nn(C)c2OC)c1C)[C@H]1CC[C@H](N(C)C)CC1. The number of carbonyl (C=O) groups excluding carboxylic acids is 1. The van der Waals surface area contributed by atoms with Crippen LogP contribution in [0, 0.1) is 6.92 Å². The van der Waals surface area contributed by atoms with Gasteiger partial charge < -0.3 is 24.8 Å². The molecule has 2 fully saturated rings. The number of anilines is 2. The molecule has 1 aliphatic heterocycles. The standard InChI is InChI=1S/C29H45ClN6O2/c1-7-36(23-13-11-22(12-14-23)33(3)4)26-18-21(30)17-24(20(26)2)28(37)31-19-25-27(32-34(5)29(25)38-6)35-15-9-8-10-16-35/h17-18,22-23H,7-16,19H2,1-6H3,(H,31,37)/t22-,23-. The first-order valence-corrected chi connectivity index (χ1v) is 14.5. The molecule has 9 heteroatoms. The zero-order valence-corrected chi connectivity index (χ0v) is 24.8. The van der Waals surface area contributed by atoms with Gasteiger partial charge in [0.2, 0.25) is 5.88 Å². The van der Waals surface area contributed by atoms with E-state index in [1.165, 1.54) is 19.3 Å². The van der Waals surface area contributed by atoms with Crippen molar-refractivity contribution < 1.29 is 9.53 Å². The third kappa shape index (κ3) is 6.07. The molecule has 1 aromatic heterocycles. The van der Waals surface area contributed by atoms with E-state index in [4.69, 9.17) is 21.4 Å². The van der Waals surface area contributed by atoms with Gasteiger partial charge in [-0.3, -0.25) is 4.79 Å². The van der Waals surface area contributed by atoms with Crippen molar-refractivity contribution in [2.75, 3.05) is 50.6 Å². The van der Waals surface area contributed by atoms with Crippen LogP contribution < -0.4 is 19.9 Å². The molecule has 0 unspecified atom stereocenters. The molecule has 1 amide bonds. The van der Waals surface area contributed by atoms with E-state index in [1.54, 1.807) is 17.9 Å². The Hall–Kier alpha value is -2.45. The average molecular weight is 545 g/mol. The molecule has 1 N–H and O–H groups in total. The highest BCUT2D eigenvalue weighted by molar-refractivity contribution is 6.31. The van der Waals surface area contributed by atoms with Crippen LogP contribution in [0.1, 0.15) is 73.4 Å². The molecule has 0 radical (unpaired) electrons. The fourth-order valence-corrected chi connectivity index (χ4v) is 6.50. The predicted octanol–water partition coefficient (Wildman–Crippen LogP) is 5.01. The Balaban J connectivity index is 1.54. The number of hydrogen-bond donors (Lipinski definition) is 1. The van der Waals surface area contributed by atoms with E-state index >= 15 is 0 Å². The molecule has 0 spiro atoms. The highest BCUT2D eigenvalue weighted by atomic mass is 35.5. The maximum Gasteiger partial charge on any atom is 0.251 e. The van der Waals surface area contributed by atoms with E-state index in [0.717, 1.165) is 67.9 Å². The summed E-state index contributed by atoms with van der Waals surface area (Å²) in [6.07, 6.45) is 8.21. The number of nitrogens with one attached hydrogen (secondary N) is 1. The number of halogens is 1. The first-order valence-electron chi connectivity index (χ1n) is 14.1. The third-order valence-electron chi connectivity index (χ3n) is 8.42. The van der Waals surface area contributed by atoms with Gasteiger partial charge in [-0.2, -0.15) is 5.10 Å². The lowest BCUT2D eigenvalue weighted by molar-refractivity contribution is 0.0950. The maximum atomic E-state index is 13.6. The van der Waals surface area contributed by atoms with Crippen LogP contribution in [0.15, 0.2) is 12.1 Å². The molecule has 8 nitrogen and oxygen atoms in total. The largest absolute Gasteiger partial charge is 0.481 e. The zero-order chi connectivity index (χ0) is 27.4. The Labute approximate surface area is 233 Å². The normalized spacial score (nSPS) is 20.1. The summed E-state index contributed by atoms with van der Waals surface area (Å²) in [6.45, 7) is 7.40. The monoisotopic (exact) mass is 544 g/mol. The number of piperidine rings is 1. The van der Waals surface area contributed by atoms with Crippen molar-refractivity contribution in [3.63, 3.8) is 0 Å². The summed E-state index contributed by atoms with van der Waals surface area (Å²) in [5.74, 6) is 1.45. The molecular formula is C29H45ClN6O2. The lowest BCUT2D eigenvalue weighted by Gasteiger charge is -2.40. The molecule has 0 bridgehead atoms. The second-order valence-electron chi connectivity index (χ2n) is 11.0. The zero-order valence-electron chi connectivity index (χ0n) is 24.0. The number of aromatic nitrogens is 2.